The van der Waals surface area contributed by atoms with Crippen molar-refractivity contribution in [2.24, 2.45) is 0 Å². The van der Waals surface area contributed by atoms with Crippen LogP contribution < -0.4 is 10.2 Å². The van der Waals surface area contributed by atoms with Gasteiger partial charge in [0, 0.05) is 0 Å². The number of rotatable bonds is 2. The fourth-order valence-electron chi connectivity index (χ4n) is 0. The van der Waals surface area contributed by atoms with Gasteiger partial charge in [0.1, 0.15) is 0 Å². The molecule has 0 aromatic carbocycles. The number of carboxylic acid groups (broad SMARTS) is 2. The summed E-state index contributed by atoms with van der Waals surface area (Å²) >= 11 is 4.67. The van der Waals surface area contributed by atoms with Crippen LogP contribution in [0.2, 0.25) is 0 Å². The second kappa shape index (κ2) is 10.5. The van der Waals surface area contributed by atoms with Gasteiger partial charge < -0.3 is 19.8 Å². The predicted octanol–water partition coefficient (Wildman–Crippen LogP) is -1.71. The first-order valence-electron chi connectivity index (χ1n) is 2.54. The molecular formula is C6H7ClCuO4. The number of hydrogen-bond donors (Lipinski definition) is 0. The maximum absolute atomic E-state index is 9.49. The summed E-state index contributed by atoms with van der Waals surface area (Å²) in [6, 6.07) is 0. The Morgan fingerprint density at radius 1 is 1.42 bits per heavy atom. The zero-order chi connectivity index (χ0) is 9.44. The number of alkyl halides is 1. The van der Waals surface area contributed by atoms with Crippen molar-refractivity contribution < 1.29 is 36.9 Å². The van der Waals surface area contributed by atoms with Crippen molar-refractivity contribution in [1.29, 1.82) is 0 Å². The van der Waals surface area contributed by atoms with E-state index in [0.29, 0.717) is 0 Å². The van der Waals surface area contributed by atoms with E-state index in [9.17, 15) is 9.90 Å². The van der Waals surface area contributed by atoms with Crippen LogP contribution in [0.3, 0.4) is 0 Å². The molecule has 0 spiro atoms. The molecule has 0 saturated carbocycles. The fourth-order valence-corrected chi connectivity index (χ4v) is 0. The predicted molar refractivity (Wildman–Crippen MR) is 35.5 cm³/mol. The summed E-state index contributed by atoms with van der Waals surface area (Å²) in [5.74, 6) is -2.83. The van der Waals surface area contributed by atoms with Crippen molar-refractivity contribution >= 4 is 23.5 Å². The smallest absolute Gasteiger partial charge is 0.549 e. The molecule has 0 saturated heterocycles. The van der Waals surface area contributed by atoms with Crippen LogP contribution in [0.4, 0.5) is 0 Å². The summed E-state index contributed by atoms with van der Waals surface area (Å²) in [5, 5.41) is 18.6. The molecule has 12 heavy (non-hydrogen) atoms. The molecule has 0 aromatic heterocycles. The average Bonchev–Trinajstić information content (AvgIpc) is 1.89. The Morgan fingerprint density at radius 3 is 1.58 bits per heavy atom. The number of carbonyl (C=O) groups excluding carboxylic acids is 2. The van der Waals surface area contributed by atoms with Crippen LogP contribution in [-0.4, -0.2) is 17.8 Å². The minimum atomic E-state index is -1.23. The second-order valence-electron chi connectivity index (χ2n) is 1.57. The van der Waals surface area contributed by atoms with Gasteiger partial charge in [-0.2, -0.15) is 0 Å². The van der Waals surface area contributed by atoms with Crippen LogP contribution in [0.15, 0.2) is 12.2 Å². The molecule has 0 fully saturated rings. The molecule has 0 N–H and O–H groups in total. The quantitative estimate of drug-likeness (QED) is 0.328. The van der Waals surface area contributed by atoms with Crippen LogP contribution in [0, 0.1) is 0 Å². The van der Waals surface area contributed by atoms with Crippen LogP contribution in [0.1, 0.15) is 6.92 Å². The number of carbonyl (C=O) groups is 2. The van der Waals surface area contributed by atoms with Crippen molar-refractivity contribution in [2.45, 2.75) is 6.92 Å². The van der Waals surface area contributed by atoms with E-state index in [1.165, 1.54) is 6.92 Å². The minimum Gasteiger partial charge on any atom is -0.549 e. The van der Waals surface area contributed by atoms with Crippen LogP contribution in [0.25, 0.3) is 0 Å². The standard InChI is InChI=1S/C4H6O2.C2H3ClO2.Cu/c1-3(2)4(5)6;3-1-2(4)5;/h1H2,2H3,(H,5,6);1H2,(H,4,5);/q;;+2/p-2. The second-order valence-corrected chi connectivity index (χ2v) is 1.84. The van der Waals surface area contributed by atoms with Crippen molar-refractivity contribution in [3.63, 3.8) is 0 Å². The van der Waals surface area contributed by atoms with Gasteiger partial charge in [0.05, 0.1) is 17.8 Å². The third kappa shape index (κ3) is 22.7. The summed E-state index contributed by atoms with van der Waals surface area (Å²) in [4.78, 5) is 18.6. The first kappa shape index (κ1) is 17.5. The third-order valence-corrected chi connectivity index (χ3v) is 0.676. The van der Waals surface area contributed by atoms with Gasteiger partial charge in [-0.1, -0.05) is 6.58 Å². The van der Waals surface area contributed by atoms with E-state index in [0.717, 1.165) is 0 Å². The van der Waals surface area contributed by atoms with Crippen molar-refractivity contribution in [1.82, 2.24) is 0 Å². The first-order valence-corrected chi connectivity index (χ1v) is 3.08. The Labute approximate surface area is 85.7 Å². The molecule has 6 heteroatoms. The van der Waals surface area contributed by atoms with Gasteiger partial charge >= 0.3 is 17.1 Å². The van der Waals surface area contributed by atoms with Crippen molar-refractivity contribution in [3.8, 4) is 0 Å². The summed E-state index contributed by atoms with van der Waals surface area (Å²) in [6.45, 7) is 4.48. The summed E-state index contributed by atoms with van der Waals surface area (Å²) in [5.41, 5.74) is 0.0648. The zero-order valence-electron chi connectivity index (χ0n) is 6.23. The summed E-state index contributed by atoms with van der Waals surface area (Å²) in [7, 11) is 0. The molecule has 0 unspecified atom stereocenters. The zero-order valence-corrected chi connectivity index (χ0v) is 7.92. The van der Waals surface area contributed by atoms with Crippen molar-refractivity contribution in [2.75, 3.05) is 5.88 Å². The largest absolute Gasteiger partial charge is 2.00 e. The number of halogens is 1. The maximum atomic E-state index is 9.49. The molecule has 0 aliphatic rings. The molecule has 0 rings (SSSR count). The average molecular weight is 242 g/mol. The number of hydrogen-bond acceptors (Lipinski definition) is 4. The van der Waals surface area contributed by atoms with Crippen LogP contribution in [0.5, 0.6) is 0 Å². The molecule has 0 amide bonds. The van der Waals surface area contributed by atoms with Gasteiger partial charge in [-0.05, 0) is 12.5 Å². The SMILES string of the molecule is C=C(C)C(=O)[O-].O=C([O-])CCl.[Cu+2]. The van der Waals surface area contributed by atoms with E-state index in [4.69, 9.17) is 9.90 Å². The third-order valence-electron chi connectivity index (χ3n) is 0.458. The van der Waals surface area contributed by atoms with Crippen LogP contribution in [-0.2, 0) is 26.7 Å². The molecule has 0 aliphatic carbocycles. The molecule has 0 aliphatic heterocycles. The summed E-state index contributed by atoms with van der Waals surface area (Å²) < 4.78 is 0. The van der Waals surface area contributed by atoms with Crippen molar-refractivity contribution in [3.05, 3.63) is 12.2 Å². The molecule has 0 aromatic rings. The van der Waals surface area contributed by atoms with Gasteiger partial charge in [-0.25, -0.2) is 0 Å². The Morgan fingerprint density at radius 2 is 1.58 bits per heavy atom. The van der Waals surface area contributed by atoms with E-state index >= 15 is 0 Å². The fraction of sp³-hybridized carbons (Fsp3) is 0.333. The van der Waals surface area contributed by atoms with Gasteiger partial charge in [-0.3, -0.25) is 0 Å². The van der Waals surface area contributed by atoms with Gasteiger partial charge in [0.25, 0.3) is 0 Å². The Balaban J connectivity index is -0.000000126. The Kier molecular flexibility index (Phi) is 15.3. The minimum absolute atomic E-state index is 0. The topological polar surface area (TPSA) is 80.3 Å². The van der Waals surface area contributed by atoms with E-state index in [-0.39, 0.29) is 22.6 Å². The van der Waals surface area contributed by atoms with Gasteiger partial charge in [0.2, 0.25) is 0 Å². The van der Waals surface area contributed by atoms with E-state index in [2.05, 4.69) is 18.2 Å². The maximum Gasteiger partial charge on any atom is 2.00 e. The molecule has 0 atom stereocenters. The van der Waals surface area contributed by atoms with Gasteiger partial charge in [-0.15, -0.1) is 11.6 Å². The number of carboxylic acids is 2. The normalized spacial score (nSPS) is 6.83. The first-order chi connectivity index (χ1) is 4.91. The monoisotopic (exact) mass is 241 g/mol. The van der Waals surface area contributed by atoms with E-state index < -0.39 is 17.8 Å². The Bertz CT molecular complexity index is 157. The molecule has 0 bridgehead atoms. The molecule has 0 heterocycles. The number of aliphatic carboxylic acids is 2. The molecule has 1 radical (unpaired) electrons. The van der Waals surface area contributed by atoms with Gasteiger partial charge in [0.15, 0.2) is 0 Å². The van der Waals surface area contributed by atoms with E-state index in [1.54, 1.807) is 0 Å². The molecular weight excluding hydrogens is 235 g/mol. The molecule has 73 valence electrons. The van der Waals surface area contributed by atoms with Crippen LogP contribution >= 0.6 is 11.6 Å². The Hall–Kier alpha value is -0.511. The van der Waals surface area contributed by atoms with E-state index in [1.807, 2.05) is 0 Å². The summed E-state index contributed by atoms with van der Waals surface area (Å²) in [6.07, 6.45) is 0. The molecule has 4 nitrogen and oxygen atoms in total.